The summed E-state index contributed by atoms with van der Waals surface area (Å²) in [6.07, 6.45) is -1.47. The van der Waals surface area contributed by atoms with Crippen molar-refractivity contribution in [2.24, 2.45) is 5.41 Å². The summed E-state index contributed by atoms with van der Waals surface area (Å²) in [5.41, 5.74) is 0.120. The van der Waals surface area contributed by atoms with Crippen LogP contribution in [0.25, 0.3) is 0 Å². The molecule has 0 spiro atoms. The number of hydrogen-bond acceptors (Lipinski definition) is 4. The van der Waals surface area contributed by atoms with Gasteiger partial charge in [0.25, 0.3) is 0 Å². The van der Waals surface area contributed by atoms with E-state index in [1.807, 2.05) is 25.7 Å². The Morgan fingerprint density at radius 1 is 1.35 bits per heavy atom. The molecule has 2 rings (SSSR count). The Morgan fingerprint density at radius 2 is 1.96 bits per heavy atom. The third-order valence-corrected chi connectivity index (χ3v) is 4.11. The number of aliphatic hydroxyl groups is 1. The molecule has 0 radical (unpaired) electrons. The number of morpholine rings is 1. The molecule has 3 atom stereocenters. The van der Waals surface area contributed by atoms with Gasteiger partial charge in [-0.05, 0) is 23.1 Å². The first kappa shape index (κ1) is 17.8. The van der Waals surface area contributed by atoms with Gasteiger partial charge in [-0.3, -0.25) is 9.69 Å². The van der Waals surface area contributed by atoms with E-state index in [9.17, 15) is 19.4 Å². The number of rotatable bonds is 4. The SMILES string of the molecule is CC(C)(C)C(C(=O)O)N1CCOC(C(O)c2ccc(F)cc2)C1. The van der Waals surface area contributed by atoms with E-state index in [-0.39, 0.29) is 5.82 Å². The molecule has 1 fully saturated rings. The summed E-state index contributed by atoms with van der Waals surface area (Å²) in [4.78, 5) is 13.5. The number of aliphatic carboxylic acids is 1. The van der Waals surface area contributed by atoms with Gasteiger partial charge in [0.2, 0.25) is 0 Å². The molecule has 0 bridgehead atoms. The van der Waals surface area contributed by atoms with Gasteiger partial charge in [0.05, 0.1) is 6.61 Å². The number of benzene rings is 1. The predicted octanol–water partition coefficient (Wildman–Crippen LogP) is 2.06. The zero-order valence-electron chi connectivity index (χ0n) is 13.7. The average molecular weight is 325 g/mol. The second-order valence-corrected chi connectivity index (χ2v) is 7.01. The minimum Gasteiger partial charge on any atom is -0.480 e. The fraction of sp³-hybridized carbons (Fsp3) is 0.588. The topological polar surface area (TPSA) is 70.0 Å². The molecule has 23 heavy (non-hydrogen) atoms. The maximum absolute atomic E-state index is 13.0. The maximum atomic E-state index is 13.0. The number of carboxylic acid groups (broad SMARTS) is 1. The molecule has 0 aromatic heterocycles. The number of nitrogens with zero attached hydrogens (tertiary/aromatic N) is 1. The molecule has 3 unspecified atom stereocenters. The second kappa shape index (κ2) is 6.95. The maximum Gasteiger partial charge on any atom is 0.321 e. The van der Waals surface area contributed by atoms with Gasteiger partial charge in [-0.25, -0.2) is 4.39 Å². The second-order valence-electron chi connectivity index (χ2n) is 7.01. The molecule has 0 aliphatic carbocycles. The van der Waals surface area contributed by atoms with Crippen LogP contribution in [0.15, 0.2) is 24.3 Å². The third-order valence-electron chi connectivity index (χ3n) is 4.11. The average Bonchev–Trinajstić information content (AvgIpc) is 2.46. The van der Waals surface area contributed by atoms with E-state index in [0.29, 0.717) is 25.3 Å². The summed E-state index contributed by atoms with van der Waals surface area (Å²) < 4.78 is 18.6. The summed E-state index contributed by atoms with van der Waals surface area (Å²) in [5.74, 6) is -1.25. The lowest BCUT2D eigenvalue weighted by atomic mass is 9.85. The quantitative estimate of drug-likeness (QED) is 0.887. The van der Waals surface area contributed by atoms with Crippen molar-refractivity contribution in [1.29, 1.82) is 0 Å². The first-order valence-electron chi connectivity index (χ1n) is 7.72. The first-order chi connectivity index (χ1) is 10.7. The van der Waals surface area contributed by atoms with Crippen LogP contribution in [0.1, 0.15) is 32.4 Å². The Hall–Kier alpha value is -1.50. The van der Waals surface area contributed by atoms with Crippen molar-refractivity contribution < 1.29 is 24.1 Å². The van der Waals surface area contributed by atoms with E-state index in [0.717, 1.165) is 0 Å². The number of halogens is 1. The zero-order chi connectivity index (χ0) is 17.2. The van der Waals surface area contributed by atoms with Crippen molar-refractivity contribution in [2.75, 3.05) is 19.7 Å². The molecule has 1 aliphatic rings. The van der Waals surface area contributed by atoms with Crippen molar-refractivity contribution in [3.63, 3.8) is 0 Å². The third kappa shape index (κ3) is 4.28. The molecular formula is C17H24FNO4. The summed E-state index contributed by atoms with van der Waals surface area (Å²) in [5, 5.41) is 20.0. The van der Waals surface area contributed by atoms with Crippen molar-refractivity contribution in [3.05, 3.63) is 35.6 Å². The van der Waals surface area contributed by atoms with Crippen molar-refractivity contribution >= 4 is 5.97 Å². The van der Waals surface area contributed by atoms with Crippen LogP contribution in [0, 0.1) is 11.2 Å². The van der Waals surface area contributed by atoms with E-state index in [1.165, 1.54) is 24.3 Å². The zero-order valence-corrected chi connectivity index (χ0v) is 13.7. The van der Waals surface area contributed by atoms with Gasteiger partial charge in [-0.15, -0.1) is 0 Å². The molecule has 0 saturated carbocycles. The highest BCUT2D eigenvalue weighted by Gasteiger charge is 2.40. The molecular weight excluding hydrogens is 301 g/mol. The molecule has 1 aliphatic heterocycles. The van der Waals surface area contributed by atoms with Gasteiger partial charge in [-0.2, -0.15) is 0 Å². The highest BCUT2D eigenvalue weighted by Crippen LogP contribution is 2.29. The standard InChI is InChI=1S/C17H24FNO4/c1-17(2,3)15(16(21)22)19-8-9-23-13(10-19)14(20)11-4-6-12(18)7-5-11/h4-7,13-15,20H,8-10H2,1-3H3,(H,21,22). The molecule has 1 aromatic rings. The molecule has 2 N–H and O–H groups in total. The van der Waals surface area contributed by atoms with Crippen LogP contribution in [0.2, 0.25) is 0 Å². The fourth-order valence-corrected chi connectivity index (χ4v) is 3.07. The Labute approximate surface area is 135 Å². The highest BCUT2D eigenvalue weighted by atomic mass is 19.1. The van der Waals surface area contributed by atoms with Gasteiger partial charge < -0.3 is 14.9 Å². The van der Waals surface area contributed by atoms with Crippen LogP contribution < -0.4 is 0 Å². The van der Waals surface area contributed by atoms with Crippen LogP contribution in [0.5, 0.6) is 0 Å². The summed E-state index contributed by atoms with van der Waals surface area (Å²) in [6, 6.07) is 4.94. The van der Waals surface area contributed by atoms with Gasteiger partial charge >= 0.3 is 5.97 Å². The Balaban J connectivity index is 2.13. The first-order valence-corrected chi connectivity index (χ1v) is 7.72. The lowest BCUT2D eigenvalue weighted by Gasteiger charge is -2.42. The molecule has 6 heteroatoms. The van der Waals surface area contributed by atoms with E-state index in [1.54, 1.807) is 0 Å². The lowest BCUT2D eigenvalue weighted by Crippen LogP contribution is -2.56. The van der Waals surface area contributed by atoms with Crippen molar-refractivity contribution in [3.8, 4) is 0 Å². The molecule has 0 amide bonds. The normalized spacial score (nSPS) is 22.6. The van der Waals surface area contributed by atoms with E-state index in [2.05, 4.69) is 0 Å². The number of carboxylic acids is 1. The van der Waals surface area contributed by atoms with Crippen LogP contribution in [0.4, 0.5) is 4.39 Å². The monoisotopic (exact) mass is 325 g/mol. The van der Waals surface area contributed by atoms with Crippen LogP contribution >= 0.6 is 0 Å². The van der Waals surface area contributed by atoms with Gasteiger partial charge in [0.15, 0.2) is 0 Å². The van der Waals surface area contributed by atoms with Crippen LogP contribution in [-0.2, 0) is 9.53 Å². The highest BCUT2D eigenvalue weighted by molar-refractivity contribution is 5.74. The molecule has 1 saturated heterocycles. The summed E-state index contributed by atoms with van der Waals surface area (Å²) in [7, 11) is 0. The van der Waals surface area contributed by atoms with E-state index in [4.69, 9.17) is 4.74 Å². The number of hydrogen-bond donors (Lipinski definition) is 2. The molecule has 5 nitrogen and oxygen atoms in total. The van der Waals surface area contributed by atoms with Gasteiger partial charge in [-0.1, -0.05) is 32.9 Å². The Kier molecular flexibility index (Phi) is 5.39. The van der Waals surface area contributed by atoms with Crippen molar-refractivity contribution in [1.82, 2.24) is 4.90 Å². The van der Waals surface area contributed by atoms with Crippen LogP contribution in [0.3, 0.4) is 0 Å². The summed E-state index contributed by atoms with van der Waals surface area (Å²) >= 11 is 0. The summed E-state index contributed by atoms with van der Waals surface area (Å²) in [6.45, 7) is 6.81. The largest absolute Gasteiger partial charge is 0.480 e. The molecule has 1 aromatic carbocycles. The number of aliphatic hydroxyl groups excluding tert-OH is 1. The molecule has 128 valence electrons. The predicted molar refractivity (Wildman–Crippen MR) is 83.6 cm³/mol. The van der Waals surface area contributed by atoms with Crippen LogP contribution in [-0.4, -0.2) is 52.9 Å². The minimum atomic E-state index is -0.923. The number of ether oxygens (including phenoxy) is 1. The fourth-order valence-electron chi connectivity index (χ4n) is 3.07. The Bertz CT molecular complexity index is 541. The van der Waals surface area contributed by atoms with Gasteiger partial charge in [0.1, 0.15) is 24.1 Å². The minimum absolute atomic E-state index is 0.312. The number of carbonyl (C=O) groups is 1. The van der Waals surface area contributed by atoms with Gasteiger partial charge in [0, 0.05) is 13.1 Å². The lowest BCUT2D eigenvalue weighted by molar-refractivity contribution is -0.156. The Morgan fingerprint density at radius 3 is 2.48 bits per heavy atom. The van der Waals surface area contributed by atoms with Crippen molar-refractivity contribution in [2.45, 2.75) is 39.0 Å². The smallest absolute Gasteiger partial charge is 0.321 e. The van der Waals surface area contributed by atoms with E-state index >= 15 is 0 Å². The molecule has 1 heterocycles. The van der Waals surface area contributed by atoms with E-state index < -0.39 is 29.6 Å².